The van der Waals surface area contributed by atoms with Crippen molar-refractivity contribution in [2.45, 2.75) is 23.4 Å². The lowest BCUT2D eigenvalue weighted by atomic mass is 10.2. The molecule has 1 saturated heterocycles. The number of likely N-dealkylation sites (N-methyl/N-ethyl adjacent to an activating group) is 1. The first-order valence-corrected chi connectivity index (χ1v) is 10.4. The average Bonchev–Trinajstić information content (AvgIpc) is 3.35. The summed E-state index contributed by atoms with van der Waals surface area (Å²) >= 11 is 0. The highest BCUT2D eigenvalue weighted by molar-refractivity contribution is 7.89. The second-order valence-corrected chi connectivity index (χ2v) is 8.55. The number of aromatic nitrogens is 3. The van der Waals surface area contributed by atoms with Gasteiger partial charge in [0.05, 0.1) is 22.6 Å². The second kappa shape index (κ2) is 7.71. The molecule has 0 bridgehead atoms. The molecule has 2 unspecified atom stereocenters. The van der Waals surface area contributed by atoms with E-state index in [1.807, 2.05) is 18.0 Å². The Kier molecular flexibility index (Phi) is 5.10. The van der Waals surface area contributed by atoms with Crippen LogP contribution in [0.4, 0.5) is 0 Å². The number of rotatable bonds is 5. The lowest BCUT2D eigenvalue weighted by molar-refractivity contribution is 0.244. The van der Waals surface area contributed by atoms with Crippen LogP contribution in [0.3, 0.4) is 0 Å². The van der Waals surface area contributed by atoms with Crippen LogP contribution in [-0.2, 0) is 10.0 Å². The van der Waals surface area contributed by atoms with Crippen molar-refractivity contribution in [3.05, 3.63) is 60.2 Å². The van der Waals surface area contributed by atoms with Crippen molar-refractivity contribution in [2.24, 2.45) is 0 Å². The predicted molar refractivity (Wildman–Crippen MR) is 103 cm³/mol. The van der Waals surface area contributed by atoms with Crippen LogP contribution in [-0.4, -0.2) is 48.1 Å². The van der Waals surface area contributed by atoms with Crippen molar-refractivity contribution in [1.29, 1.82) is 5.26 Å². The van der Waals surface area contributed by atoms with Gasteiger partial charge in [0.25, 0.3) is 0 Å². The van der Waals surface area contributed by atoms with Crippen molar-refractivity contribution in [3.8, 4) is 17.5 Å². The molecule has 3 heterocycles. The predicted octanol–water partition coefficient (Wildman–Crippen LogP) is 1.73. The number of pyridine rings is 1. The quantitative estimate of drug-likeness (QED) is 0.674. The molecule has 2 atom stereocenters. The van der Waals surface area contributed by atoms with E-state index >= 15 is 0 Å². The van der Waals surface area contributed by atoms with Crippen LogP contribution in [0.25, 0.3) is 11.4 Å². The largest absolute Gasteiger partial charge is 0.337 e. The van der Waals surface area contributed by atoms with E-state index in [1.165, 1.54) is 24.3 Å². The average molecular weight is 410 g/mol. The Morgan fingerprint density at radius 3 is 2.62 bits per heavy atom. The molecule has 0 amide bonds. The summed E-state index contributed by atoms with van der Waals surface area (Å²) in [6, 6.07) is 10.9. The third kappa shape index (κ3) is 4.02. The summed E-state index contributed by atoms with van der Waals surface area (Å²) in [7, 11) is -1.81. The highest BCUT2D eigenvalue weighted by Gasteiger charge is 2.36. The van der Waals surface area contributed by atoms with Crippen molar-refractivity contribution < 1.29 is 12.9 Å². The summed E-state index contributed by atoms with van der Waals surface area (Å²) in [6.07, 6.45) is 3.81. The van der Waals surface area contributed by atoms with E-state index in [0.717, 1.165) is 5.56 Å². The van der Waals surface area contributed by atoms with Crippen LogP contribution >= 0.6 is 0 Å². The zero-order valence-electron chi connectivity index (χ0n) is 15.6. The number of sulfonamides is 1. The maximum atomic E-state index is 12.7. The van der Waals surface area contributed by atoms with E-state index in [1.54, 1.807) is 24.5 Å². The Bertz CT molecular complexity index is 1140. The van der Waals surface area contributed by atoms with Gasteiger partial charge in [-0.25, -0.2) is 13.1 Å². The van der Waals surface area contributed by atoms with E-state index in [4.69, 9.17) is 9.78 Å². The van der Waals surface area contributed by atoms with Crippen LogP contribution < -0.4 is 4.72 Å². The first-order valence-electron chi connectivity index (χ1n) is 8.93. The summed E-state index contributed by atoms with van der Waals surface area (Å²) < 4.78 is 33.5. The zero-order valence-corrected chi connectivity index (χ0v) is 16.4. The Hall–Kier alpha value is -3.13. The maximum Gasteiger partial charge on any atom is 0.244 e. The normalized spacial score (nSPS) is 19.9. The molecule has 148 valence electrons. The van der Waals surface area contributed by atoms with Crippen molar-refractivity contribution in [2.75, 3.05) is 13.6 Å². The first-order chi connectivity index (χ1) is 14.0. The molecular formula is C19H18N6O3S. The zero-order chi connectivity index (χ0) is 20.4. The van der Waals surface area contributed by atoms with Gasteiger partial charge < -0.3 is 4.52 Å². The molecule has 1 N–H and O–H groups in total. The maximum absolute atomic E-state index is 12.7. The Labute approximate surface area is 168 Å². The minimum atomic E-state index is -3.70. The number of benzene rings is 1. The molecule has 0 radical (unpaired) electrons. The molecule has 9 nitrogen and oxygen atoms in total. The fourth-order valence-electron chi connectivity index (χ4n) is 3.36. The molecule has 1 aliphatic heterocycles. The van der Waals surface area contributed by atoms with Gasteiger partial charge in [-0.05, 0) is 49.9 Å². The number of hydrogen-bond donors (Lipinski definition) is 1. The topological polar surface area (TPSA) is 125 Å². The van der Waals surface area contributed by atoms with Gasteiger partial charge in [-0.15, -0.1) is 0 Å². The van der Waals surface area contributed by atoms with Gasteiger partial charge in [-0.2, -0.15) is 10.2 Å². The number of hydrogen-bond acceptors (Lipinski definition) is 8. The molecule has 4 rings (SSSR count). The summed E-state index contributed by atoms with van der Waals surface area (Å²) in [6.45, 7) is 0.507. The number of nitrogens with zero attached hydrogens (tertiary/aromatic N) is 5. The molecule has 0 spiro atoms. The molecule has 29 heavy (non-hydrogen) atoms. The monoisotopic (exact) mass is 410 g/mol. The summed E-state index contributed by atoms with van der Waals surface area (Å²) in [5.41, 5.74) is 1.21. The molecule has 10 heteroatoms. The smallest absolute Gasteiger partial charge is 0.244 e. The lowest BCUT2D eigenvalue weighted by Gasteiger charge is -2.14. The SMILES string of the molecule is CN1CC(NS(=O)(=O)c2ccc(C#N)cc2)CC1c1nc(-c2ccncc2)no1. The fourth-order valence-corrected chi connectivity index (χ4v) is 4.60. The Morgan fingerprint density at radius 1 is 1.21 bits per heavy atom. The lowest BCUT2D eigenvalue weighted by Crippen LogP contribution is -2.36. The number of nitriles is 1. The van der Waals surface area contributed by atoms with Crippen LogP contribution in [0.5, 0.6) is 0 Å². The van der Waals surface area contributed by atoms with E-state index in [9.17, 15) is 8.42 Å². The highest BCUT2D eigenvalue weighted by Crippen LogP contribution is 2.31. The highest BCUT2D eigenvalue weighted by atomic mass is 32.2. The van der Waals surface area contributed by atoms with Crippen molar-refractivity contribution >= 4 is 10.0 Å². The van der Waals surface area contributed by atoms with Gasteiger partial charge in [-0.1, -0.05) is 5.16 Å². The Morgan fingerprint density at radius 2 is 1.93 bits per heavy atom. The second-order valence-electron chi connectivity index (χ2n) is 6.84. The van der Waals surface area contributed by atoms with Gasteiger partial charge in [0.2, 0.25) is 21.7 Å². The third-order valence-electron chi connectivity index (χ3n) is 4.83. The van der Waals surface area contributed by atoms with Gasteiger partial charge in [-0.3, -0.25) is 9.88 Å². The van der Waals surface area contributed by atoms with Gasteiger partial charge in [0.1, 0.15) is 0 Å². The molecule has 0 saturated carbocycles. The molecule has 1 fully saturated rings. The number of likely N-dealkylation sites (tertiary alicyclic amines) is 1. The fraction of sp³-hybridized carbons (Fsp3) is 0.263. The molecule has 1 aromatic carbocycles. The van der Waals surface area contributed by atoms with E-state index in [2.05, 4.69) is 19.8 Å². The van der Waals surface area contributed by atoms with E-state index in [0.29, 0.717) is 30.2 Å². The molecule has 1 aliphatic rings. The van der Waals surface area contributed by atoms with Crippen LogP contribution in [0.2, 0.25) is 0 Å². The summed E-state index contributed by atoms with van der Waals surface area (Å²) in [5.74, 6) is 0.914. The van der Waals surface area contributed by atoms with Crippen LogP contribution in [0.1, 0.15) is 23.9 Å². The third-order valence-corrected chi connectivity index (χ3v) is 6.37. The first kappa shape index (κ1) is 19.2. The van der Waals surface area contributed by atoms with Gasteiger partial charge in [0.15, 0.2) is 0 Å². The number of nitrogens with one attached hydrogen (secondary N) is 1. The summed E-state index contributed by atoms with van der Waals surface area (Å²) in [5, 5.41) is 12.9. The standard InChI is InChI=1S/C19H18N6O3S/c1-25-12-15(24-29(26,27)16-4-2-13(11-20)3-5-16)10-17(25)19-22-18(23-28-19)14-6-8-21-9-7-14/h2-9,15,17,24H,10,12H2,1H3. The van der Waals surface area contributed by atoms with Gasteiger partial charge >= 0.3 is 0 Å². The van der Waals surface area contributed by atoms with E-state index < -0.39 is 10.0 Å². The van der Waals surface area contributed by atoms with Crippen LogP contribution in [0, 0.1) is 11.3 Å². The van der Waals surface area contributed by atoms with Crippen molar-refractivity contribution in [1.82, 2.24) is 24.7 Å². The molecule has 3 aromatic rings. The molecular weight excluding hydrogens is 392 g/mol. The molecule has 2 aromatic heterocycles. The minimum absolute atomic E-state index is 0.125. The Balaban J connectivity index is 1.47. The van der Waals surface area contributed by atoms with E-state index in [-0.39, 0.29) is 17.0 Å². The van der Waals surface area contributed by atoms with Gasteiger partial charge in [0, 0.05) is 30.5 Å². The van der Waals surface area contributed by atoms with Crippen molar-refractivity contribution in [3.63, 3.8) is 0 Å². The molecule has 0 aliphatic carbocycles. The van der Waals surface area contributed by atoms with Crippen LogP contribution in [0.15, 0.2) is 58.2 Å². The summed E-state index contributed by atoms with van der Waals surface area (Å²) in [4.78, 5) is 10.5. The minimum Gasteiger partial charge on any atom is -0.337 e.